The summed E-state index contributed by atoms with van der Waals surface area (Å²) in [6.45, 7) is 2.25. The smallest absolute Gasteiger partial charge is 0.0661 e. The van der Waals surface area contributed by atoms with Crippen molar-refractivity contribution in [3.63, 3.8) is 0 Å². The third-order valence-corrected chi connectivity index (χ3v) is 3.51. The summed E-state index contributed by atoms with van der Waals surface area (Å²) in [5.74, 6) is 0. The highest BCUT2D eigenvalue weighted by Crippen LogP contribution is 2.33. The van der Waals surface area contributed by atoms with E-state index in [2.05, 4.69) is 5.32 Å². The van der Waals surface area contributed by atoms with Gasteiger partial charge in [-0.2, -0.15) is 0 Å². The minimum absolute atomic E-state index is 0.110. The van der Waals surface area contributed by atoms with E-state index in [0.29, 0.717) is 0 Å². The molecule has 0 spiro atoms. The minimum Gasteiger partial charge on any atom is -0.399 e. The predicted molar refractivity (Wildman–Crippen MR) is 67.5 cm³/mol. The number of nitrogens with two attached hydrogens (primary N) is 1. The van der Waals surface area contributed by atoms with Gasteiger partial charge in [0.1, 0.15) is 0 Å². The van der Waals surface area contributed by atoms with Gasteiger partial charge in [0.15, 0.2) is 0 Å². The highest BCUT2D eigenvalue weighted by atomic mass is 16.3. The minimum atomic E-state index is -0.110. The number of aliphatic hydroxyl groups is 1. The van der Waals surface area contributed by atoms with Crippen LogP contribution in [0.5, 0.6) is 0 Å². The van der Waals surface area contributed by atoms with E-state index >= 15 is 0 Å². The van der Waals surface area contributed by atoms with Crippen LogP contribution in [0, 0.1) is 6.92 Å². The van der Waals surface area contributed by atoms with Gasteiger partial charge in [-0.25, -0.2) is 0 Å². The quantitative estimate of drug-likeness (QED) is 0.685. The zero-order valence-electron chi connectivity index (χ0n) is 9.79. The van der Waals surface area contributed by atoms with E-state index in [9.17, 15) is 5.11 Å². The number of hydrogen-bond acceptors (Lipinski definition) is 3. The van der Waals surface area contributed by atoms with Crippen LogP contribution in [0.1, 0.15) is 31.2 Å². The fraction of sp³-hybridized carbons (Fsp3) is 0.538. The van der Waals surface area contributed by atoms with E-state index in [1.54, 1.807) is 0 Å². The normalized spacial score (nSPS) is 18.6. The third-order valence-electron chi connectivity index (χ3n) is 3.51. The highest BCUT2D eigenvalue weighted by Gasteiger charge is 2.33. The molecule has 4 N–H and O–H groups in total. The van der Waals surface area contributed by atoms with Gasteiger partial charge in [0.2, 0.25) is 0 Å². The molecule has 0 aliphatic heterocycles. The van der Waals surface area contributed by atoms with Crippen LogP contribution in [-0.4, -0.2) is 17.3 Å². The highest BCUT2D eigenvalue weighted by molar-refractivity contribution is 5.58. The number of nitrogen functional groups attached to an aromatic ring is 1. The van der Waals surface area contributed by atoms with Gasteiger partial charge in [-0.15, -0.1) is 0 Å². The number of nitrogens with one attached hydrogen (secondary N) is 1. The Morgan fingerprint density at radius 1 is 1.38 bits per heavy atom. The Morgan fingerprint density at radius 2 is 2.06 bits per heavy atom. The number of aryl methyl sites for hydroxylation is 1. The van der Waals surface area contributed by atoms with Crippen molar-refractivity contribution in [3.05, 3.63) is 23.8 Å². The molecule has 0 saturated heterocycles. The summed E-state index contributed by atoms with van der Waals surface area (Å²) in [7, 11) is 0. The monoisotopic (exact) mass is 220 g/mol. The maximum absolute atomic E-state index is 9.54. The van der Waals surface area contributed by atoms with Gasteiger partial charge in [-0.1, -0.05) is 12.8 Å². The molecule has 88 valence electrons. The van der Waals surface area contributed by atoms with E-state index < -0.39 is 0 Å². The largest absolute Gasteiger partial charge is 0.399 e. The van der Waals surface area contributed by atoms with Crippen LogP contribution in [-0.2, 0) is 0 Å². The molecule has 0 atom stereocenters. The van der Waals surface area contributed by atoms with E-state index in [0.717, 1.165) is 29.8 Å². The van der Waals surface area contributed by atoms with E-state index in [4.69, 9.17) is 5.73 Å². The Hall–Kier alpha value is -1.22. The average molecular weight is 220 g/mol. The average Bonchev–Trinajstić information content (AvgIpc) is 2.72. The summed E-state index contributed by atoms with van der Waals surface area (Å²) >= 11 is 0. The second-order valence-corrected chi connectivity index (χ2v) is 4.84. The molecule has 1 aromatic rings. The molecule has 3 heteroatoms. The van der Waals surface area contributed by atoms with Gasteiger partial charge in [0.25, 0.3) is 0 Å². The molecule has 1 aliphatic carbocycles. The van der Waals surface area contributed by atoms with Crippen LogP contribution in [0.4, 0.5) is 11.4 Å². The number of benzene rings is 1. The molecule has 0 radical (unpaired) electrons. The lowest BCUT2D eigenvalue weighted by Crippen LogP contribution is -2.39. The molecule has 1 aliphatic rings. The molecule has 0 amide bonds. The first-order valence-corrected chi connectivity index (χ1v) is 5.90. The van der Waals surface area contributed by atoms with Gasteiger partial charge in [0, 0.05) is 11.4 Å². The Balaban J connectivity index is 2.19. The molecule has 16 heavy (non-hydrogen) atoms. The van der Waals surface area contributed by atoms with Crippen LogP contribution < -0.4 is 11.1 Å². The number of anilines is 2. The number of hydrogen-bond donors (Lipinski definition) is 3. The third kappa shape index (κ3) is 2.14. The fourth-order valence-corrected chi connectivity index (χ4v) is 2.49. The summed E-state index contributed by atoms with van der Waals surface area (Å²) in [5, 5.41) is 13.0. The second kappa shape index (κ2) is 4.34. The topological polar surface area (TPSA) is 58.3 Å². The van der Waals surface area contributed by atoms with Crippen LogP contribution in [0.3, 0.4) is 0 Å². The molecule has 1 aromatic carbocycles. The lowest BCUT2D eigenvalue weighted by Gasteiger charge is -2.30. The van der Waals surface area contributed by atoms with Gasteiger partial charge in [-0.05, 0) is 43.5 Å². The van der Waals surface area contributed by atoms with Crippen LogP contribution in [0.15, 0.2) is 18.2 Å². The van der Waals surface area contributed by atoms with Crippen molar-refractivity contribution in [2.45, 2.75) is 38.1 Å². The Bertz CT molecular complexity index is 370. The van der Waals surface area contributed by atoms with Crippen molar-refractivity contribution in [3.8, 4) is 0 Å². The second-order valence-electron chi connectivity index (χ2n) is 4.84. The summed E-state index contributed by atoms with van der Waals surface area (Å²) in [5.41, 5.74) is 8.63. The standard InChI is InChI=1S/C13H20N2O/c1-10-8-11(14)4-5-12(10)15-13(9-16)6-2-3-7-13/h4-5,8,15-16H,2-3,6-7,9,14H2,1H3. The molecule has 0 unspecified atom stereocenters. The summed E-state index contributed by atoms with van der Waals surface area (Å²) in [6, 6.07) is 5.86. The predicted octanol–water partition coefficient (Wildman–Crippen LogP) is 2.29. The fourth-order valence-electron chi connectivity index (χ4n) is 2.49. The molecule has 1 fully saturated rings. The van der Waals surface area contributed by atoms with E-state index in [1.807, 2.05) is 25.1 Å². The van der Waals surface area contributed by atoms with E-state index in [-0.39, 0.29) is 12.1 Å². The van der Waals surface area contributed by atoms with Crippen LogP contribution >= 0.6 is 0 Å². The lowest BCUT2D eigenvalue weighted by atomic mass is 9.97. The van der Waals surface area contributed by atoms with Gasteiger partial charge < -0.3 is 16.2 Å². The Kier molecular flexibility index (Phi) is 3.06. The summed E-state index contributed by atoms with van der Waals surface area (Å²) < 4.78 is 0. The van der Waals surface area contributed by atoms with Crippen molar-refractivity contribution in [2.75, 3.05) is 17.7 Å². The first-order chi connectivity index (χ1) is 7.65. The van der Waals surface area contributed by atoms with Crippen molar-refractivity contribution in [1.29, 1.82) is 0 Å². The molecule has 0 heterocycles. The molecule has 0 bridgehead atoms. The van der Waals surface area contributed by atoms with Crippen LogP contribution in [0.25, 0.3) is 0 Å². The molecular weight excluding hydrogens is 200 g/mol. The molecule has 3 nitrogen and oxygen atoms in total. The number of rotatable bonds is 3. The maximum Gasteiger partial charge on any atom is 0.0661 e. The Labute approximate surface area is 96.7 Å². The Morgan fingerprint density at radius 3 is 2.62 bits per heavy atom. The lowest BCUT2D eigenvalue weighted by molar-refractivity contribution is 0.214. The van der Waals surface area contributed by atoms with Crippen molar-refractivity contribution in [2.24, 2.45) is 0 Å². The zero-order valence-corrected chi connectivity index (χ0v) is 9.79. The van der Waals surface area contributed by atoms with Gasteiger partial charge in [-0.3, -0.25) is 0 Å². The SMILES string of the molecule is Cc1cc(N)ccc1NC1(CO)CCCC1. The van der Waals surface area contributed by atoms with Gasteiger partial charge in [0.05, 0.1) is 12.1 Å². The van der Waals surface area contributed by atoms with Crippen molar-refractivity contribution < 1.29 is 5.11 Å². The van der Waals surface area contributed by atoms with E-state index in [1.165, 1.54) is 12.8 Å². The molecule has 1 saturated carbocycles. The number of aliphatic hydroxyl groups excluding tert-OH is 1. The molecular formula is C13H20N2O. The van der Waals surface area contributed by atoms with Crippen molar-refractivity contribution >= 4 is 11.4 Å². The first-order valence-electron chi connectivity index (χ1n) is 5.90. The first kappa shape index (κ1) is 11.3. The van der Waals surface area contributed by atoms with Gasteiger partial charge >= 0.3 is 0 Å². The van der Waals surface area contributed by atoms with Crippen molar-refractivity contribution in [1.82, 2.24) is 0 Å². The molecule has 2 rings (SSSR count). The summed E-state index contributed by atoms with van der Waals surface area (Å²) in [4.78, 5) is 0. The van der Waals surface area contributed by atoms with Crippen LogP contribution in [0.2, 0.25) is 0 Å². The zero-order chi connectivity index (χ0) is 11.6. The summed E-state index contributed by atoms with van der Waals surface area (Å²) in [6.07, 6.45) is 4.49. The molecule has 0 aromatic heterocycles. The maximum atomic E-state index is 9.54.